The molecule has 3 aromatic carbocycles. The number of thiazole rings is 1. The maximum absolute atomic E-state index is 12.7. The van der Waals surface area contributed by atoms with Gasteiger partial charge in [-0.15, -0.1) is 0 Å². The average Bonchev–Trinajstić information content (AvgIpc) is 3.24. The maximum Gasteiger partial charge on any atom is 0.337 e. The van der Waals surface area contributed by atoms with Gasteiger partial charge in [-0.25, -0.2) is 23.0 Å². The number of nitrogens with zero attached hydrogens (tertiary/aromatic N) is 1. The number of methoxy groups -OCH3 is 2. The topological polar surface area (TPSA) is 136 Å². The summed E-state index contributed by atoms with van der Waals surface area (Å²) in [5.74, 6) is 0.0330. The highest BCUT2D eigenvalue weighted by Crippen LogP contribution is 2.30. The summed E-state index contributed by atoms with van der Waals surface area (Å²) < 4.78 is 38.3. The Morgan fingerprint density at radius 3 is 2.31 bits per heavy atom. The monoisotopic (exact) mass is 512 g/mol. The summed E-state index contributed by atoms with van der Waals surface area (Å²) in [6.45, 7) is 0. The third kappa shape index (κ3) is 5.67. The van der Waals surface area contributed by atoms with Gasteiger partial charge in [-0.1, -0.05) is 17.4 Å². The van der Waals surface area contributed by atoms with Gasteiger partial charge in [-0.3, -0.25) is 4.72 Å². The number of hydrogen-bond donors (Lipinski definition) is 3. The van der Waals surface area contributed by atoms with Crippen molar-refractivity contribution in [3.05, 3.63) is 72.3 Å². The summed E-state index contributed by atoms with van der Waals surface area (Å²) in [6, 6.07) is 16.8. The van der Waals surface area contributed by atoms with Crippen LogP contribution in [-0.4, -0.2) is 39.6 Å². The number of aromatic nitrogens is 1. The minimum Gasteiger partial charge on any atom is -0.497 e. The minimum absolute atomic E-state index is 0.0767. The second-order valence-corrected chi connectivity index (χ2v) is 9.85. The van der Waals surface area contributed by atoms with Gasteiger partial charge in [0.15, 0.2) is 5.13 Å². The molecule has 0 saturated carbocycles. The van der Waals surface area contributed by atoms with Gasteiger partial charge in [-0.05, 0) is 60.7 Å². The summed E-state index contributed by atoms with van der Waals surface area (Å²) >= 11 is 1.16. The van der Waals surface area contributed by atoms with Gasteiger partial charge in [0.2, 0.25) is 0 Å². The first kappa shape index (κ1) is 24.0. The molecular weight excluding hydrogens is 492 g/mol. The Bertz CT molecular complexity index is 1500. The zero-order valence-corrected chi connectivity index (χ0v) is 20.2. The van der Waals surface area contributed by atoms with E-state index in [9.17, 15) is 18.0 Å². The lowest BCUT2D eigenvalue weighted by molar-refractivity contribution is 0.0600. The number of amides is 2. The van der Waals surface area contributed by atoms with Crippen LogP contribution in [0, 0.1) is 0 Å². The lowest BCUT2D eigenvalue weighted by Gasteiger charge is -2.08. The SMILES string of the molecule is COC(=O)c1cccc(NC(=O)Nc2ccc3sc(NS(=O)(=O)c4ccc(OC)cc4)nc3c2)c1. The van der Waals surface area contributed by atoms with E-state index in [-0.39, 0.29) is 10.0 Å². The van der Waals surface area contributed by atoms with Gasteiger partial charge < -0.3 is 20.1 Å². The van der Waals surface area contributed by atoms with E-state index < -0.39 is 22.0 Å². The summed E-state index contributed by atoms with van der Waals surface area (Å²) in [7, 11) is -1.06. The number of anilines is 3. The summed E-state index contributed by atoms with van der Waals surface area (Å²) in [5.41, 5.74) is 1.68. The van der Waals surface area contributed by atoms with Crippen LogP contribution < -0.4 is 20.1 Å². The fraction of sp³-hybridized carbons (Fsp3) is 0.0870. The molecule has 1 heterocycles. The predicted molar refractivity (Wildman–Crippen MR) is 134 cm³/mol. The van der Waals surface area contributed by atoms with Crippen LogP contribution in [0.5, 0.6) is 5.75 Å². The van der Waals surface area contributed by atoms with E-state index in [0.29, 0.717) is 28.2 Å². The summed E-state index contributed by atoms with van der Waals surface area (Å²) in [4.78, 5) is 28.5. The third-order valence-corrected chi connectivity index (χ3v) is 7.21. The molecular formula is C23H20N4O6S2. The Kier molecular flexibility index (Phi) is 6.85. The lowest BCUT2D eigenvalue weighted by Crippen LogP contribution is -2.19. The predicted octanol–water partition coefficient (Wildman–Crippen LogP) is 4.54. The van der Waals surface area contributed by atoms with Crippen LogP contribution in [0.3, 0.4) is 0 Å². The van der Waals surface area contributed by atoms with Gasteiger partial charge >= 0.3 is 12.0 Å². The number of nitrogens with one attached hydrogen (secondary N) is 3. The largest absolute Gasteiger partial charge is 0.497 e. The molecule has 0 radical (unpaired) electrons. The van der Waals surface area contributed by atoms with E-state index in [0.717, 1.165) is 16.0 Å². The molecule has 2 amide bonds. The number of esters is 1. The van der Waals surface area contributed by atoms with Crippen LogP contribution in [0.1, 0.15) is 10.4 Å². The van der Waals surface area contributed by atoms with Crippen LogP contribution in [-0.2, 0) is 14.8 Å². The smallest absolute Gasteiger partial charge is 0.337 e. The van der Waals surface area contributed by atoms with E-state index >= 15 is 0 Å². The van der Waals surface area contributed by atoms with Crippen molar-refractivity contribution in [3.63, 3.8) is 0 Å². The van der Waals surface area contributed by atoms with Gasteiger partial charge in [0, 0.05) is 11.4 Å². The number of benzene rings is 3. The van der Waals surface area contributed by atoms with E-state index in [1.165, 1.54) is 32.4 Å². The standard InChI is InChI=1S/C23H20N4O6S2/c1-32-17-7-9-18(10-8-17)35(30,31)27-23-26-19-13-16(6-11-20(19)34-23)25-22(29)24-15-5-3-4-14(12-15)21(28)33-2/h3-13H,1-2H3,(H,26,27)(H2,24,25,29). The van der Waals surface area contributed by atoms with Crippen molar-refractivity contribution in [2.75, 3.05) is 29.6 Å². The van der Waals surface area contributed by atoms with Gasteiger partial charge in [-0.2, -0.15) is 0 Å². The summed E-state index contributed by atoms with van der Waals surface area (Å²) in [5, 5.41) is 5.52. The average molecular weight is 513 g/mol. The molecule has 0 unspecified atom stereocenters. The molecule has 3 N–H and O–H groups in total. The number of urea groups is 1. The van der Waals surface area contributed by atoms with Crippen LogP contribution in [0.4, 0.5) is 21.3 Å². The molecule has 4 aromatic rings. The number of sulfonamides is 1. The molecule has 0 fully saturated rings. The van der Waals surface area contributed by atoms with Gasteiger partial charge in [0.05, 0.1) is 34.9 Å². The van der Waals surface area contributed by atoms with Gasteiger partial charge in [0.25, 0.3) is 10.0 Å². The summed E-state index contributed by atoms with van der Waals surface area (Å²) in [6.07, 6.45) is 0. The Balaban J connectivity index is 1.45. The fourth-order valence-corrected chi connectivity index (χ4v) is 5.19. The van der Waals surface area contributed by atoms with Crippen molar-refractivity contribution in [2.24, 2.45) is 0 Å². The van der Waals surface area contributed by atoms with Crippen LogP contribution in [0.2, 0.25) is 0 Å². The normalized spacial score (nSPS) is 11.0. The van der Waals surface area contributed by atoms with Gasteiger partial charge in [0.1, 0.15) is 5.75 Å². The van der Waals surface area contributed by atoms with Crippen molar-refractivity contribution >= 4 is 60.1 Å². The number of carbonyl (C=O) groups is 2. The number of hydrogen-bond acceptors (Lipinski definition) is 8. The first-order valence-corrected chi connectivity index (χ1v) is 12.4. The minimum atomic E-state index is -3.83. The zero-order chi connectivity index (χ0) is 25.0. The number of fused-ring (bicyclic) bond motifs is 1. The van der Waals surface area contributed by atoms with Crippen LogP contribution >= 0.6 is 11.3 Å². The molecule has 0 atom stereocenters. The molecule has 0 aliphatic rings. The highest BCUT2D eigenvalue weighted by atomic mass is 32.2. The van der Waals surface area contributed by atoms with E-state index in [1.54, 1.807) is 48.5 Å². The van der Waals surface area contributed by atoms with Crippen LogP contribution in [0.25, 0.3) is 10.2 Å². The molecule has 1 aromatic heterocycles. The van der Waals surface area contributed by atoms with Crippen molar-refractivity contribution in [2.45, 2.75) is 4.90 Å². The van der Waals surface area contributed by atoms with Crippen LogP contribution in [0.15, 0.2) is 71.6 Å². The second kappa shape index (κ2) is 9.99. The van der Waals surface area contributed by atoms with E-state index in [1.807, 2.05) is 0 Å². The van der Waals surface area contributed by atoms with Crippen molar-refractivity contribution in [1.29, 1.82) is 0 Å². The number of rotatable bonds is 7. The molecule has 0 saturated heterocycles. The lowest BCUT2D eigenvalue weighted by atomic mass is 10.2. The number of carbonyl (C=O) groups excluding carboxylic acids is 2. The highest BCUT2D eigenvalue weighted by molar-refractivity contribution is 7.93. The van der Waals surface area contributed by atoms with E-state index in [4.69, 9.17) is 4.74 Å². The first-order valence-electron chi connectivity index (χ1n) is 10.1. The maximum atomic E-state index is 12.7. The molecule has 10 nitrogen and oxygen atoms in total. The molecule has 0 aliphatic carbocycles. The Hall–Kier alpha value is -4.16. The van der Waals surface area contributed by atoms with E-state index in [2.05, 4.69) is 25.1 Å². The molecule has 0 spiro atoms. The second-order valence-electron chi connectivity index (χ2n) is 7.13. The Morgan fingerprint density at radius 1 is 0.914 bits per heavy atom. The highest BCUT2D eigenvalue weighted by Gasteiger charge is 2.17. The molecule has 12 heteroatoms. The molecule has 4 rings (SSSR count). The first-order chi connectivity index (χ1) is 16.8. The van der Waals surface area contributed by atoms with Crippen molar-refractivity contribution in [3.8, 4) is 5.75 Å². The Labute approximate surface area is 205 Å². The number of ether oxygens (including phenoxy) is 2. The zero-order valence-electron chi connectivity index (χ0n) is 18.6. The molecule has 180 valence electrons. The molecule has 35 heavy (non-hydrogen) atoms. The molecule has 0 aliphatic heterocycles. The third-order valence-electron chi connectivity index (χ3n) is 4.78. The fourth-order valence-electron chi connectivity index (χ4n) is 3.11. The molecule has 0 bridgehead atoms. The van der Waals surface area contributed by atoms with Crippen molar-refractivity contribution in [1.82, 2.24) is 4.98 Å². The Morgan fingerprint density at radius 2 is 1.63 bits per heavy atom. The quantitative estimate of drug-likeness (QED) is 0.309. The van der Waals surface area contributed by atoms with Crippen molar-refractivity contribution < 1.29 is 27.5 Å².